The number of rotatable bonds is 8. The predicted octanol–water partition coefficient (Wildman–Crippen LogP) is 4.52. The number of nitrogens with zero attached hydrogens (tertiary/aromatic N) is 3. The van der Waals surface area contributed by atoms with Gasteiger partial charge in [0, 0.05) is 12.1 Å². The first kappa shape index (κ1) is 20.5. The molecule has 4 aromatic rings. The van der Waals surface area contributed by atoms with Crippen LogP contribution in [-0.4, -0.2) is 21.9 Å². The smallest absolute Gasteiger partial charge is 0.272 e. The SMILES string of the molecule is Cn1ncc(N=Cc2ccc(COc3cccc(Cl)c3)o2)c1C(=O)NCc1ccco1. The lowest BCUT2D eigenvalue weighted by molar-refractivity contribution is 0.0939. The molecular weight excluding hydrogens is 420 g/mol. The van der Waals surface area contributed by atoms with E-state index in [0.717, 1.165) is 0 Å². The summed E-state index contributed by atoms with van der Waals surface area (Å²) in [5.74, 6) is 2.15. The Balaban J connectivity index is 1.39. The standard InChI is InChI=1S/C22H19ClN4O4/c1-27-21(22(28)25-11-17-6-3-9-29-17)20(13-26-27)24-12-18-7-8-19(31-18)14-30-16-5-2-4-15(23)10-16/h2-10,12-13H,11,14H2,1H3,(H,25,28). The number of carbonyl (C=O) groups is 1. The minimum absolute atomic E-state index is 0.251. The largest absolute Gasteiger partial charge is 0.486 e. The first-order chi connectivity index (χ1) is 15.1. The summed E-state index contributed by atoms with van der Waals surface area (Å²) in [6.07, 6.45) is 4.60. The Morgan fingerprint density at radius 1 is 1.26 bits per heavy atom. The van der Waals surface area contributed by atoms with Gasteiger partial charge in [0.1, 0.15) is 35.3 Å². The Bertz CT molecular complexity index is 1190. The van der Waals surface area contributed by atoms with E-state index in [0.29, 0.717) is 39.4 Å². The van der Waals surface area contributed by atoms with Crippen molar-refractivity contribution in [3.05, 3.63) is 89.0 Å². The van der Waals surface area contributed by atoms with Gasteiger partial charge in [-0.15, -0.1) is 0 Å². The lowest BCUT2D eigenvalue weighted by atomic mass is 10.3. The molecule has 1 amide bonds. The van der Waals surface area contributed by atoms with Gasteiger partial charge in [-0.05, 0) is 42.5 Å². The predicted molar refractivity (Wildman–Crippen MR) is 115 cm³/mol. The van der Waals surface area contributed by atoms with Gasteiger partial charge in [-0.25, -0.2) is 4.99 Å². The van der Waals surface area contributed by atoms with Gasteiger partial charge in [-0.1, -0.05) is 17.7 Å². The summed E-state index contributed by atoms with van der Waals surface area (Å²) >= 11 is 5.95. The van der Waals surface area contributed by atoms with E-state index in [1.165, 1.54) is 17.1 Å². The van der Waals surface area contributed by atoms with Crippen molar-refractivity contribution in [1.82, 2.24) is 15.1 Å². The second-order valence-electron chi connectivity index (χ2n) is 6.57. The van der Waals surface area contributed by atoms with Crippen LogP contribution < -0.4 is 10.1 Å². The van der Waals surface area contributed by atoms with Crippen LogP contribution in [0.15, 0.2) is 74.8 Å². The molecule has 0 fully saturated rings. The Hall–Kier alpha value is -3.78. The molecule has 0 aliphatic heterocycles. The average Bonchev–Trinajstić information content (AvgIpc) is 3.51. The zero-order chi connectivity index (χ0) is 21.6. The van der Waals surface area contributed by atoms with E-state index < -0.39 is 0 Å². The molecule has 0 aliphatic carbocycles. The van der Waals surface area contributed by atoms with E-state index in [-0.39, 0.29) is 19.1 Å². The first-order valence-electron chi connectivity index (χ1n) is 9.42. The number of furan rings is 2. The maximum Gasteiger partial charge on any atom is 0.272 e. The van der Waals surface area contributed by atoms with Gasteiger partial charge in [-0.2, -0.15) is 5.10 Å². The van der Waals surface area contributed by atoms with Crippen molar-refractivity contribution in [2.24, 2.45) is 12.0 Å². The van der Waals surface area contributed by atoms with Gasteiger partial charge in [0.2, 0.25) is 0 Å². The van der Waals surface area contributed by atoms with Gasteiger partial charge >= 0.3 is 0 Å². The summed E-state index contributed by atoms with van der Waals surface area (Å²) in [5, 5.41) is 7.52. The zero-order valence-corrected chi connectivity index (χ0v) is 17.4. The highest BCUT2D eigenvalue weighted by atomic mass is 35.5. The fourth-order valence-electron chi connectivity index (χ4n) is 2.83. The second kappa shape index (κ2) is 9.36. The monoisotopic (exact) mass is 438 g/mol. The minimum Gasteiger partial charge on any atom is -0.486 e. The van der Waals surface area contributed by atoms with Gasteiger partial charge < -0.3 is 18.9 Å². The fraction of sp³-hybridized carbons (Fsp3) is 0.136. The molecule has 0 spiro atoms. The molecule has 31 heavy (non-hydrogen) atoms. The summed E-state index contributed by atoms with van der Waals surface area (Å²) in [6, 6.07) is 14.3. The van der Waals surface area contributed by atoms with E-state index in [4.69, 9.17) is 25.2 Å². The number of hydrogen-bond donors (Lipinski definition) is 1. The maximum absolute atomic E-state index is 12.6. The molecule has 0 aliphatic rings. The normalized spacial score (nSPS) is 11.2. The third-order valence-corrected chi connectivity index (χ3v) is 4.56. The highest BCUT2D eigenvalue weighted by Gasteiger charge is 2.16. The van der Waals surface area contributed by atoms with Crippen LogP contribution in [0.25, 0.3) is 0 Å². The zero-order valence-electron chi connectivity index (χ0n) is 16.6. The quantitative estimate of drug-likeness (QED) is 0.408. The highest BCUT2D eigenvalue weighted by Crippen LogP contribution is 2.20. The number of benzene rings is 1. The van der Waals surface area contributed by atoms with Crippen LogP contribution in [0.4, 0.5) is 5.69 Å². The number of aliphatic imine (C=N–C) groups is 1. The Kier molecular flexibility index (Phi) is 6.18. The molecule has 3 heterocycles. The number of hydrogen-bond acceptors (Lipinski definition) is 6. The Morgan fingerprint density at radius 2 is 2.16 bits per heavy atom. The fourth-order valence-corrected chi connectivity index (χ4v) is 3.01. The molecule has 1 aromatic carbocycles. The molecule has 0 unspecified atom stereocenters. The van der Waals surface area contributed by atoms with Crippen molar-refractivity contribution in [3.63, 3.8) is 0 Å². The van der Waals surface area contributed by atoms with E-state index >= 15 is 0 Å². The summed E-state index contributed by atoms with van der Waals surface area (Å²) in [4.78, 5) is 16.9. The number of carbonyl (C=O) groups excluding carboxylic acids is 1. The van der Waals surface area contributed by atoms with E-state index in [1.54, 1.807) is 49.7 Å². The maximum atomic E-state index is 12.6. The number of amides is 1. The molecule has 0 bridgehead atoms. The number of nitrogens with one attached hydrogen (secondary N) is 1. The number of ether oxygens (including phenoxy) is 1. The number of aromatic nitrogens is 2. The Labute approximate surface area is 183 Å². The van der Waals surface area contributed by atoms with Crippen molar-refractivity contribution < 1.29 is 18.4 Å². The molecule has 0 radical (unpaired) electrons. The Morgan fingerprint density at radius 3 is 2.97 bits per heavy atom. The van der Waals surface area contributed by atoms with Crippen molar-refractivity contribution in [1.29, 1.82) is 0 Å². The summed E-state index contributed by atoms with van der Waals surface area (Å²) in [5.41, 5.74) is 0.756. The third-order valence-electron chi connectivity index (χ3n) is 4.33. The van der Waals surface area contributed by atoms with Crippen molar-refractivity contribution in [3.8, 4) is 5.75 Å². The van der Waals surface area contributed by atoms with Crippen molar-refractivity contribution in [2.45, 2.75) is 13.2 Å². The van der Waals surface area contributed by atoms with Gasteiger partial charge in [0.05, 0.1) is 25.2 Å². The highest BCUT2D eigenvalue weighted by molar-refractivity contribution is 6.30. The molecule has 0 saturated heterocycles. The third kappa shape index (κ3) is 5.23. The van der Waals surface area contributed by atoms with Crippen LogP contribution in [0.5, 0.6) is 5.75 Å². The molecule has 1 N–H and O–H groups in total. The topological polar surface area (TPSA) is 94.8 Å². The van der Waals surface area contributed by atoms with E-state index in [1.807, 2.05) is 12.1 Å². The molecule has 0 saturated carbocycles. The number of aryl methyl sites for hydroxylation is 1. The molecular formula is C22H19ClN4O4. The molecule has 158 valence electrons. The van der Waals surface area contributed by atoms with Crippen LogP contribution in [0, 0.1) is 0 Å². The molecule has 9 heteroatoms. The summed E-state index contributed by atoms with van der Waals surface area (Å²) in [7, 11) is 1.68. The van der Waals surface area contributed by atoms with Gasteiger partial charge in [0.15, 0.2) is 5.69 Å². The van der Waals surface area contributed by atoms with Crippen LogP contribution in [0.2, 0.25) is 5.02 Å². The van der Waals surface area contributed by atoms with Gasteiger partial charge in [-0.3, -0.25) is 9.48 Å². The molecule has 8 nitrogen and oxygen atoms in total. The van der Waals surface area contributed by atoms with Crippen LogP contribution >= 0.6 is 11.6 Å². The molecule has 4 rings (SSSR count). The average molecular weight is 439 g/mol. The molecule has 0 atom stereocenters. The van der Waals surface area contributed by atoms with Crippen molar-refractivity contribution in [2.75, 3.05) is 0 Å². The lowest BCUT2D eigenvalue weighted by Crippen LogP contribution is -2.25. The van der Waals surface area contributed by atoms with Crippen LogP contribution in [0.3, 0.4) is 0 Å². The summed E-state index contributed by atoms with van der Waals surface area (Å²) in [6.45, 7) is 0.524. The van der Waals surface area contributed by atoms with E-state index in [2.05, 4.69) is 15.4 Å². The van der Waals surface area contributed by atoms with Gasteiger partial charge in [0.25, 0.3) is 5.91 Å². The molecule has 3 aromatic heterocycles. The van der Waals surface area contributed by atoms with E-state index in [9.17, 15) is 4.79 Å². The minimum atomic E-state index is -0.307. The lowest BCUT2D eigenvalue weighted by Gasteiger charge is -2.04. The summed E-state index contributed by atoms with van der Waals surface area (Å²) < 4.78 is 18.1. The van der Waals surface area contributed by atoms with Crippen LogP contribution in [-0.2, 0) is 20.2 Å². The number of halogens is 1. The first-order valence-corrected chi connectivity index (χ1v) is 9.80. The van der Waals surface area contributed by atoms with Crippen LogP contribution in [0.1, 0.15) is 27.8 Å². The second-order valence-corrected chi connectivity index (χ2v) is 7.01. The van der Waals surface area contributed by atoms with Crippen molar-refractivity contribution >= 4 is 29.4 Å².